The summed E-state index contributed by atoms with van der Waals surface area (Å²) in [6, 6.07) is 2.50. The first-order valence-electron chi connectivity index (χ1n) is 6.29. The predicted octanol–water partition coefficient (Wildman–Crippen LogP) is 0.246. The van der Waals surface area contributed by atoms with Gasteiger partial charge >= 0.3 is 5.97 Å². The summed E-state index contributed by atoms with van der Waals surface area (Å²) in [6.45, 7) is 0. The van der Waals surface area contributed by atoms with Crippen molar-refractivity contribution in [1.82, 2.24) is 0 Å². The van der Waals surface area contributed by atoms with Crippen molar-refractivity contribution in [3.8, 4) is 5.75 Å². The van der Waals surface area contributed by atoms with Crippen molar-refractivity contribution in [1.29, 1.82) is 0 Å². The number of rotatable bonds is 8. The molecule has 1 aromatic carbocycles. The van der Waals surface area contributed by atoms with Crippen molar-refractivity contribution in [2.75, 3.05) is 7.11 Å². The Morgan fingerprint density at radius 2 is 2.00 bits per heavy atom. The number of carbonyl (C=O) groups is 2. The van der Waals surface area contributed by atoms with Gasteiger partial charge in [-0.25, -0.2) is 0 Å². The molecule has 0 aliphatic carbocycles. The zero-order valence-corrected chi connectivity index (χ0v) is 12.7. The summed E-state index contributed by atoms with van der Waals surface area (Å²) in [5, 5.41) is 8.64. The van der Waals surface area contributed by atoms with Crippen LogP contribution >= 0.6 is 0 Å². The lowest BCUT2D eigenvalue weighted by Crippen LogP contribution is -2.30. The average Bonchev–Trinajstić information content (AvgIpc) is 2.43. The first-order chi connectivity index (χ1) is 10.1. The summed E-state index contributed by atoms with van der Waals surface area (Å²) in [5.41, 5.74) is 5.59. The van der Waals surface area contributed by atoms with E-state index in [0.29, 0.717) is 5.75 Å². The molecule has 22 heavy (non-hydrogen) atoms. The summed E-state index contributed by atoms with van der Waals surface area (Å²) in [5.74, 6) is -1.22. The minimum Gasteiger partial charge on any atom is -0.496 e. The van der Waals surface area contributed by atoms with E-state index in [4.69, 9.17) is 20.1 Å². The second kappa shape index (κ2) is 7.34. The van der Waals surface area contributed by atoms with Gasteiger partial charge in [-0.2, -0.15) is 8.42 Å². The van der Waals surface area contributed by atoms with Gasteiger partial charge in [-0.05, 0) is 24.6 Å². The molecule has 0 aliphatic rings. The molecule has 0 heterocycles. The van der Waals surface area contributed by atoms with Crippen molar-refractivity contribution >= 4 is 21.9 Å². The Bertz CT molecular complexity index is 669. The second-order valence-corrected chi connectivity index (χ2v) is 6.07. The number of methoxy groups -OCH3 is 1. The molecule has 0 saturated heterocycles. The number of aliphatic carboxylic acids is 1. The minimum absolute atomic E-state index is 0.0194. The summed E-state index contributed by atoms with van der Waals surface area (Å²) >= 11 is 0. The highest BCUT2D eigenvalue weighted by Crippen LogP contribution is 2.23. The predicted molar refractivity (Wildman–Crippen MR) is 76.4 cm³/mol. The van der Waals surface area contributed by atoms with Crippen molar-refractivity contribution < 1.29 is 32.4 Å². The van der Waals surface area contributed by atoms with E-state index >= 15 is 0 Å². The zero-order chi connectivity index (χ0) is 16.9. The molecule has 0 spiro atoms. The van der Waals surface area contributed by atoms with Gasteiger partial charge in [-0.1, -0.05) is 0 Å². The zero-order valence-electron chi connectivity index (χ0n) is 11.9. The smallest absolute Gasteiger partial charge is 0.320 e. The minimum atomic E-state index is -4.39. The summed E-state index contributed by atoms with van der Waals surface area (Å²) < 4.78 is 36.3. The molecular formula is C13H17NO7S. The van der Waals surface area contributed by atoms with Gasteiger partial charge in [0.15, 0.2) is 0 Å². The van der Waals surface area contributed by atoms with E-state index in [1.54, 1.807) is 0 Å². The standard InChI is InChI=1S/C13H17NO7S/c1-21-12-5-3-10(22(18,19)20)7-8(12)6-9(15)2-4-11(14)13(16)17/h3,5,7,11H,2,4,6,14H2,1H3,(H,16,17)(H,18,19,20)/t11-/m0/s1. The molecular weight excluding hydrogens is 314 g/mol. The molecule has 0 amide bonds. The van der Waals surface area contributed by atoms with E-state index < -0.39 is 22.1 Å². The maximum Gasteiger partial charge on any atom is 0.320 e. The van der Waals surface area contributed by atoms with Gasteiger partial charge in [0.05, 0.1) is 12.0 Å². The molecule has 0 saturated carbocycles. The van der Waals surface area contributed by atoms with E-state index in [-0.39, 0.29) is 35.5 Å². The van der Waals surface area contributed by atoms with E-state index in [0.717, 1.165) is 12.1 Å². The molecule has 1 atom stereocenters. The Hall–Kier alpha value is -1.97. The molecule has 0 bridgehead atoms. The fraction of sp³-hybridized carbons (Fsp3) is 0.385. The topological polar surface area (TPSA) is 144 Å². The van der Waals surface area contributed by atoms with Crippen LogP contribution in [-0.2, 0) is 26.1 Å². The fourth-order valence-electron chi connectivity index (χ4n) is 1.79. The third-order valence-electron chi connectivity index (χ3n) is 2.99. The number of ketones is 1. The Morgan fingerprint density at radius 3 is 2.50 bits per heavy atom. The van der Waals surface area contributed by atoms with Crippen LogP contribution < -0.4 is 10.5 Å². The quantitative estimate of drug-likeness (QED) is 0.575. The number of carbonyl (C=O) groups excluding carboxylic acids is 1. The third kappa shape index (κ3) is 5.10. The monoisotopic (exact) mass is 331 g/mol. The number of hydrogen-bond acceptors (Lipinski definition) is 6. The molecule has 4 N–H and O–H groups in total. The van der Waals surface area contributed by atoms with Crippen molar-refractivity contribution in [2.24, 2.45) is 5.73 Å². The Kier molecular flexibility index (Phi) is 6.03. The highest BCUT2D eigenvalue weighted by molar-refractivity contribution is 7.85. The van der Waals surface area contributed by atoms with Crippen molar-refractivity contribution in [3.05, 3.63) is 23.8 Å². The van der Waals surface area contributed by atoms with Crippen LogP contribution in [0.15, 0.2) is 23.1 Å². The number of Topliss-reactive ketones (excluding diaryl/α,β-unsaturated/α-hetero) is 1. The Morgan fingerprint density at radius 1 is 1.36 bits per heavy atom. The van der Waals surface area contributed by atoms with Crippen LogP contribution in [0.4, 0.5) is 0 Å². The number of benzene rings is 1. The number of nitrogens with two attached hydrogens (primary N) is 1. The average molecular weight is 331 g/mol. The number of ether oxygens (including phenoxy) is 1. The molecule has 8 nitrogen and oxygen atoms in total. The van der Waals surface area contributed by atoms with Crippen molar-refractivity contribution in [2.45, 2.75) is 30.2 Å². The summed E-state index contributed by atoms with van der Waals surface area (Å²) in [4.78, 5) is 22.1. The number of carboxylic acid groups (broad SMARTS) is 1. The van der Waals surface area contributed by atoms with Crippen LogP contribution in [-0.4, -0.2) is 43.0 Å². The van der Waals surface area contributed by atoms with Crippen LogP contribution in [0.25, 0.3) is 0 Å². The lowest BCUT2D eigenvalue weighted by molar-refractivity contribution is -0.138. The maximum absolute atomic E-state index is 11.9. The number of carboxylic acids is 1. The van der Waals surface area contributed by atoms with E-state index in [9.17, 15) is 18.0 Å². The first kappa shape index (κ1) is 18.1. The van der Waals surface area contributed by atoms with E-state index in [2.05, 4.69) is 0 Å². The van der Waals surface area contributed by atoms with Gasteiger partial charge in [0.1, 0.15) is 17.6 Å². The lowest BCUT2D eigenvalue weighted by Gasteiger charge is -2.10. The molecule has 0 radical (unpaired) electrons. The lowest BCUT2D eigenvalue weighted by atomic mass is 10.0. The van der Waals surface area contributed by atoms with Gasteiger partial charge in [-0.15, -0.1) is 0 Å². The van der Waals surface area contributed by atoms with Gasteiger partial charge in [0, 0.05) is 18.4 Å². The van der Waals surface area contributed by atoms with Gasteiger partial charge in [0.2, 0.25) is 0 Å². The maximum atomic E-state index is 11.9. The molecule has 0 unspecified atom stereocenters. The van der Waals surface area contributed by atoms with Crippen LogP contribution in [0.2, 0.25) is 0 Å². The molecule has 0 fully saturated rings. The molecule has 1 rings (SSSR count). The van der Waals surface area contributed by atoms with Gasteiger partial charge in [-0.3, -0.25) is 14.1 Å². The third-order valence-corrected chi connectivity index (χ3v) is 3.84. The van der Waals surface area contributed by atoms with Crippen LogP contribution in [0.3, 0.4) is 0 Å². The number of hydrogen-bond donors (Lipinski definition) is 3. The van der Waals surface area contributed by atoms with E-state index in [1.807, 2.05) is 0 Å². The van der Waals surface area contributed by atoms with Gasteiger partial charge in [0.25, 0.3) is 10.1 Å². The van der Waals surface area contributed by atoms with E-state index in [1.165, 1.54) is 13.2 Å². The molecule has 0 aromatic heterocycles. The molecule has 1 aromatic rings. The Balaban J connectivity index is 2.87. The van der Waals surface area contributed by atoms with Crippen LogP contribution in [0.5, 0.6) is 5.75 Å². The highest BCUT2D eigenvalue weighted by Gasteiger charge is 2.17. The van der Waals surface area contributed by atoms with Crippen LogP contribution in [0.1, 0.15) is 18.4 Å². The molecule has 9 heteroatoms. The fourth-order valence-corrected chi connectivity index (χ4v) is 2.33. The first-order valence-corrected chi connectivity index (χ1v) is 7.73. The molecule has 0 aliphatic heterocycles. The Labute approximate surface area is 127 Å². The highest BCUT2D eigenvalue weighted by atomic mass is 32.2. The summed E-state index contributed by atoms with van der Waals surface area (Å²) in [6.07, 6.45) is -0.236. The van der Waals surface area contributed by atoms with Crippen molar-refractivity contribution in [3.63, 3.8) is 0 Å². The normalized spacial score (nSPS) is 12.7. The second-order valence-electron chi connectivity index (χ2n) is 4.65. The largest absolute Gasteiger partial charge is 0.496 e. The summed E-state index contributed by atoms with van der Waals surface area (Å²) in [7, 11) is -3.03. The van der Waals surface area contributed by atoms with Gasteiger partial charge < -0.3 is 15.6 Å². The SMILES string of the molecule is COc1ccc(S(=O)(=O)O)cc1CC(=O)CC[C@H](N)C(=O)O. The molecule has 122 valence electrons. The van der Waals surface area contributed by atoms with Crippen LogP contribution in [0, 0.1) is 0 Å².